The highest BCUT2D eigenvalue weighted by Gasteiger charge is 2.35. The molecule has 0 fully saturated rings. The molecular weight excluding hydrogens is 244 g/mol. The van der Waals surface area contributed by atoms with Crippen molar-refractivity contribution in [2.45, 2.75) is 38.6 Å². The normalized spacial score (nSPS) is 11.6. The topological polar surface area (TPSA) is 110 Å². The van der Waals surface area contributed by atoms with Gasteiger partial charge in [0, 0.05) is 0 Å². The maximum Gasteiger partial charge on any atom is 0.157 e. The molecule has 0 unspecified atom stereocenters. The SMILES string of the molecule is CC(=O)C(N)(CCNCCCNCCCN)C(C)=O. The number of rotatable bonds is 12. The van der Waals surface area contributed by atoms with Crippen LogP contribution < -0.4 is 22.1 Å². The third-order valence-corrected chi connectivity index (χ3v) is 3.22. The van der Waals surface area contributed by atoms with Gasteiger partial charge in [-0.2, -0.15) is 0 Å². The second kappa shape index (κ2) is 10.0. The van der Waals surface area contributed by atoms with Crippen LogP contribution in [0.3, 0.4) is 0 Å². The Morgan fingerprint density at radius 2 is 1.42 bits per heavy atom. The van der Waals surface area contributed by atoms with E-state index in [2.05, 4.69) is 10.6 Å². The van der Waals surface area contributed by atoms with Crippen molar-refractivity contribution in [2.24, 2.45) is 11.5 Å². The summed E-state index contributed by atoms with van der Waals surface area (Å²) in [5, 5.41) is 6.47. The van der Waals surface area contributed by atoms with Gasteiger partial charge in [-0.3, -0.25) is 9.59 Å². The smallest absolute Gasteiger partial charge is 0.157 e. The molecule has 0 radical (unpaired) electrons. The lowest BCUT2D eigenvalue weighted by molar-refractivity contribution is -0.132. The van der Waals surface area contributed by atoms with Crippen LogP contribution in [0.5, 0.6) is 0 Å². The second-order valence-electron chi connectivity index (χ2n) is 4.83. The Kier molecular flexibility index (Phi) is 9.59. The van der Waals surface area contributed by atoms with Gasteiger partial charge < -0.3 is 22.1 Å². The molecule has 19 heavy (non-hydrogen) atoms. The maximum absolute atomic E-state index is 11.4. The van der Waals surface area contributed by atoms with Gasteiger partial charge in [-0.15, -0.1) is 0 Å². The second-order valence-corrected chi connectivity index (χ2v) is 4.83. The van der Waals surface area contributed by atoms with E-state index in [-0.39, 0.29) is 11.6 Å². The summed E-state index contributed by atoms with van der Waals surface area (Å²) in [5.41, 5.74) is 9.87. The first kappa shape index (κ1) is 18.2. The van der Waals surface area contributed by atoms with Crippen molar-refractivity contribution in [2.75, 3.05) is 32.7 Å². The molecule has 112 valence electrons. The monoisotopic (exact) mass is 272 g/mol. The van der Waals surface area contributed by atoms with Gasteiger partial charge in [0.25, 0.3) is 0 Å². The number of nitrogens with two attached hydrogens (primary N) is 2. The summed E-state index contributed by atoms with van der Waals surface area (Å²) in [6, 6.07) is 0. The first-order valence-corrected chi connectivity index (χ1v) is 6.87. The Hall–Kier alpha value is -0.820. The third-order valence-electron chi connectivity index (χ3n) is 3.22. The fourth-order valence-electron chi connectivity index (χ4n) is 1.70. The molecule has 6 N–H and O–H groups in total. The molecule has 0 aliphatic heterocycles. The van der Waals surface area contributed by atoms with Crippen molar-refractivity contribution in [3.8, 4) is 0 Å². The van der Waals surface area contributed by atoms with Gasteiger partial charge >= 0.3 is 0 Å². The Labute approximate surface area is 115 Å². The number of hydrogen-bond acceptors (Lipinski definition) is 6. The molecule has 0 bridgehead atoms. The number of nitrogens with one attached hydrogen (secondary N) is 2. The van der Waals surface area contributed by atoms with Crippen LogP contribution in [-0.2, 0) is 9.59 Å². The molecule has 0 aliphatic carbocycles. The van der Waals surface area contributed by atoms with E-state index in [0.29, 0.717) is 19.5 Å². The van der Waals surface area contributed by atoms with Gasteiger partial charge in [-0.05, 0) is 65.8 Å². The van der Waals surface area contributed by atoms with E-state index in [1.54, 1.807) is 0 Å². The van der Waals surface area contributed by atoms with Crippen molar-refractivity contribution in [1.29, 1.82) is 0 Å². The van der Waals surface area contributed by atoms with Crippen LogP contribution in [0.25, 0.3) is 0 Å². The van der Waals surface area contributed by atoms with E-state index in [4.69, 9.17) is 11.5 Å². The van der Waals surface area contributed by atoms with Gasteiger partial charge in [0.05, 0.1) is 0 Å². The molecule has 0 rings (SSSR count). The van der Waals surface area contributed by atoms with E-state index < -0.39 is 5.54 Å². The minimum absolute atomic E-state index is 0.273. The van der Waals surface area contributed by atoms with Crippen molar-refractivity contribution >= 4 is 11.6 Å². The van der Waals surface area contributed by atoms with E-state index in [1.165, 1.54) is 13.8 Å². The van der Waals surface area contributed by atoms with Gasteiger partial charge in [0.2, 0.25) is 0 Å². The van der Waals surface area contributed by atoms with Crippen LogP contribution in [0.4, 0.5) is 0 Å². The number of carbonyl (C=O) groups is 2. The molecule has 0 aromatic carbocycles. The third kappa shape index (κ3) is 7.37. The van der Waals surface area contributed by atoms with Crippen molar-refractivity contribution < 1.29 is 9.59 Å². The Morgan fingerprint density at radius 3 is 1.89 bits per heavy atom. The van der Waals surface area contributed by atoms with Crippen LogP contribution >= 0.6 is 0 Å². The van der Waals surface area contributed by atoms with E-state index >= 15 is 0 Å². The number of Topliss-reactive ketones (excluding diaryl/α,β-unsaturated/α-hetero) is 2. The number of hydrogen-bond donors (Lipinski definition) is 4. The molecule has 0 saturated heterocycles. The molecule has 0 spiro atoms. The minimum Gasteiger partial charge on any atom is -0.330 e. The quantitative estimate of drug-likeness (QED) is 0.273. The van der Waals surface area contributed by atoms with Gasteiger partial charge in [-0.25, -0.2) is 0 Å². The summed E-state index contributed by atoms with van der Waals surface area (Å²) in [5.74, 6) is -0.546. The largest absolute Gasteiger partial charge is 0.330 e. The van der Waals surface area contributed by atoms with Crippen LogP contribution in [0.1, 0.15) is 33.1 Å². The molecule has 0 heterocycles. The van der Waals surface area contributed by atoms with Crippen molar-refractivity contribution in [3.05, 3.63) is 0 Å². The lowest BCUT2D eigenvalue weighted by atomic mass is 9.88. The summed E-state index contributed by atoms with van der Waals surface area (Å²) in [6.45, 7) is 6.71. The predicted octanol–water partition coefficient (Wildman–Crippen LogP) is -0.830. The first-order valence-electron chi connectivity index (χ1n) is 6.87. The molecule has 0 amide bonds. The van der Waals surface area contributed by atoms with Gasteiger partial charge in [-0.1, -0.05) is 0 Å². The summed E-state index contributed by atoms with van der Waals surface area (Å²) in [7, 11) is 0. The van der Waals surface area contributed by atoms with E-state index in [9.17, 15) is 9.59 Å². The predicted molar refractivity (Wildman–Crippen MR) is 76.9 cm³/mol. The van der Waals surface area contributed by atoms with Crippen molar-refractivity contribution in [3.63, 3.8) is 0 Å². The Balaban J connectivity index is 3.62. The molecule has 0 aromatic rings. The lowest BCUT2D eigenvalue weighted by Crippen LogP contribution is -2.54. The van der Waals surface area contributed by atoms with Crippen LogP contribution in [0, 0.1) is 0 Å². The molecule has 0 saturated carbocycles. The first-order chi connectivity index (χ1) is 8.95. The zero-order valence-corrected chi connectivity index (χ0v) is 12.1. The van der Waals surface area contributed by atoms with Gasteiger partial charge in [0.1, 0.15) is 5.54 Å². The van der Waals surface area contributed by atoms with Crippen LogP contribution in [0.15, 0.2) is 0 Å². The fourth-order valence-corrected chi connectivity index (χ4v) is 1.70. The summed E-state index contributed by atoms with van der Waals surface area (Å²) < 4.78 is 0. The van der Waals surface area contributed by atoms with E-state index in [0.717, 1.165) is 32.5 Å². The van der Waals surface area contributed by atoms with E-state index in [1.807, 2.05) is 0 Å². The highest BCUT2D eigenvalue weighted by atomic mass is 16.2. The Morgan fingerprint density at radius 1 is 0.947 bits per heavy atom. The maximum atomic E-state index is 11.4. The molecular formula is C13H28N4O2. The highest BCUT2D eigenvalue weighted by molar-refractivity contribution is 6.09. The molecule has 0 aliphatic rings. The van der Waals surface area contributed by atoms with Gasteiger partial charge in [0.15, 0.2) is 11.6 Å². The molecule has 0 atom stereocenters. The summed E-state index contributed by atoms with van der Waals surface area (Å²) in [4.78, 5) is 22.8. The standard InChI is InChI=1S/C13H28N4O2/c1-11(18)13(15,12(2)19)5-10-17-9-4-8-16-7-3-6-14/h16-17H,3-10,14-15H2,1-2H3. The lowest BCUT2D eigenvalue weighted by Gasteiger charge is -2.23. The summed E-state index contributed by atoms with van der Waals surface area (Å²) in [6.07, 6.45) is 2.32. The molecule has 6 nitrogen and oxygen atoms in total. The number of carbonyl (C=O) groups excluding carboxylic acids is 2. The molecule has 6 heteroatoms. The zero-order valence-electron chi connectivity index (χ0n) is 12.1. The highest BCUT2D eigenvalue weighted by Crippen LogP contribution is 2.08. The fraction of sp³-hybridized carbons (Fsp3) is 0.846. The Bertz CT molecular complexity index is 268. The number of ketones is 2. The minimum atomic E-state index is -1.33. The van der Waals surface area contributed by atoms with Crippen molar-refractivity contribution in [1.82, 2.24) is 10.6 Å². The molecule has 0 aromatic heterocycles. The average molecular weight is 272 g/mol. The van der Waals surface area contributed by atoms with Crippen LogP contribution in [0.2, 0.25) is 0 Å². The zero-order chi connectivity index (χ0) is 14.7. The summed E-state index contributed by atoms with van der Waals surface area (Å²) >= 11 is 0. The van der Waals surface area contributed by atoms with Crippen LogP contribution in [-0.4, -0.2) is 49.8 Å². The average Bonchev–Trinajstić information content (AvgIpc) is 2.36.